The van der Waals surface area contributed by atoms with E-state index in [1.807, 2.05) is 13.8 Å². The van der Waals surface area contributed by atoms with Gasteiger partial charge in [0.1, 0.15) is 12.7 Å². The summed E-state index contributed by atoms with van der Waals surface area (Å²) in [5, 5.41) is 0. The van der Waals surface area contributed by atoms with Crippen molar-refractivity contribution in [3.63, 3.8) is 0 Å². The van der Waals surface area contributed by atoms with Crippen molar-refractivity contribution in [1.29, 1.82) is 0 Å². The summed E-state index contributed by atoms with van der Waals surface area (Å²) in [6.07, 6.45) is 0.405. The molecule has 1 rings (SSSR count). The molecule has 0 radical (unpaired) electrons. The summed E-state index contributed by atoms with van der Waals surface area (Å²) in [4.78, 5) is 21.8. The van der Waals surface area contributed by atoms with E-state index in [2.05, 4.69) is 0 Å². The van der Waals surface area contributed by atoms with Crippen LogP contribution < -0.4 is 0 Å². The Hall–Kier alpha value is -1.06. The molecule has 0 amide bonds. The summed E-state index contributed by atoms with van der Waals surface area (Å²) < 4.78 is 9.86. The molecule has 0 N–H and O–H groups in total. The number of ether oxygens (including phenoxy) is 2. The van der Waals surface area contributed by atoms with Crippen LogP contribution in [0.2, 0.25) is 0 Å². The van der Waals surface area contributed by atoms with E-state index >= 15 is 0 Å². The Morgan fingerprint density at radius 3 is 2.71 bits per heavy atom. The molecular formula is C10H16O4. The van der Waals surface area contributed by atoms with E-state index in [1.165, 1.54) is 6.92 Å². The van der Waals surface area contributed by atoms with E-state index in [1.54, 1.807) is 0 Å². The van der Waals surface area contributed by atoms with Crippen molar-refractivity contribution in [1.82, 2.24) is 0 Å². The summed E-state index contributed by atoms with van der Waals surface area (Å²) in [5.41, 5.74) is 0. The molecule has 0 spiro atoms. The zero-order valence-electron chi connectivity index (χ0n) is 8.78. The van der Waals surface area contributed by atoms with Crippen LogP contribution in [0.25, 0.3) is 0 Å². The molecule has 0 bridgehead atoms. The average Bonchev–Trinajstić information content (AvgIpc) is 2.43. The van der Waals surface area contributed by atoms with Gasteiger partial charge in [-0.3, -0.25) is 9.59 Å². The van der Waals surface area contributed by atoms with E-state index in [9.17, 15) is 9.59 Å². The van der Waals surface area contributed by atoms with Crippen LogP contribution in [-0.2, 0) is 19.1 Å². The normalized spacial score (nSPS) is 26.4. The highest BCUT2D eigenvalue weighted by molar-refractivity contribution is 5.75. The second kappa shape index (κ2) is 4.44. The first kappa shape index (κ1) is 11.0. The zero-order valence-corrected chi connectivity index (χ0v) is 8.78. The Balaban J connectivity index is 2.39. The summed E-state index contributed by atoms with van der Waals surface area (Å²) in [5.74, 6) is -0.272. The van der Waals surface area contributed by atoms with Crippen molar-refractivity contribution in [3.05, 3.63) is 0 Å². The molecule has 0 aromatic rings. The highest BCUT2D eigenvalue weighted by atomic mass is 16.6. The maximum Gasteiger partial charge on any atom is 0.309 e. The molecule has 1 aliphatic heterocycles. The SMILES string of the molecule is CC(=O)OCC1C[C@H](C(C)C)C(=O)O1. The Kier molecular flexibility index (Phi) is 3.49. The lowest BCUT2D eigenvalue weighted by molar-refractivity contribution is -0.152. The average molecular weight is 200 g/mol. The van der Waals surface area contributed by atoms with Crippen LogP contribution in [0.3, 0.4) is 0 Å². The van der Waals surface area contributed by atoms with Gasteiger partial charge in [0.05, 0.1) is 5.92 Å². The van der Waals surface area contributed by atoms with Crippen molar-refractivity contribution in [3.8, 4) is 0 Å². The van der Waals surface area contributed by atoms with Crippen molar-refractivity contribution in [2.75, 3.05) is 6.61 Å². The van der Waals surface area contributed by atoms with Crippen molar-refractivity contribution >= 4 is 11.9 Å². The fraction of sp³-hybridized carbons (Fsp3) is 0.800. The predicted molar refractivity (Wildman–Crippen MR) is 49.5 cm³/mol. The van der Waals surface area contributed by atoms with Gasteiger partial charge in [-0.05, 0) is 5.92 Å². The number of rotatable bonds is 3. The van der Waals surface area contributed by atoms with Crippen LogP contribution in [0.15, 0.2) is 0 Å². The van der Waals surface area contributed by atoms with E-state index in [0.717, 1.165) is 0 Å². The predicted octanol–water partition coefficient (Wildman–Crippen LogP) is 1.14. The van der Waals surface area contributed by atoms with Crippen LogP contribution >= 0.6 is 0 Å². The molecule has 14 heavy (non-hydrogen) atoms. The Labute approximate surface area is 83.6 Å². The minimum atomic E-state index is -0.339. The summed E-state index contributed by atoms with van der Waals surface area (Å²) >= 11 is 0. The van der Waals surface area contributed by atoms with E-state index < -0.39 is 0 Å². The van der Waals surface area contributed by atoms with Crippen molar-refractivity contribution in [2.45, 2.75) is 33.3 Å². The standard InChI is InChI=1S/C10H16O4/c1-6(2)9-4-8(14-10(9)12)5-13-7(3)11/h6,8-9H,4-5H2,1-3H3/t8?,9-/m1/s1. The number of esters is 2. The molecular weight excluding hydrogens is 184 g/mol. The first-order chi connectivity index (χ1) is 6.50. The van der Waals surface area contributed by atoms with Crippen LogP contribution in [0, 0.1) is 11.8 Å². The third-order valence-electron chi connectivity index (χ3n) is 2.38. The Morgan fingerprint density at radius 1 is 1.64 bits per heavy atom. The fourth-order valence-electron chi connectivity index (χ4n) is 1.54. The monoisotopic (exact) mass is 200 g/mol. The zero-order chi connectivity index (χ0) is 10.7. The Bertz CT molecular complexity index is 234. The van der Waals surface area contributed by atoms with Gasteiger partial charge in [-0.15, -0.1) is 0 Å². The lowest BCUT2D eigenvalue weighted by Crippen LogP contribution is -2.17. The second-order valence-corrected chi connectivity index (χ2v) is 3.95. The number of carbonyl (C=O) groups excluding carboxylic acids is 2. The third kappa shape index (κ3) is 2.72. The second-order valence-electron chi connectivity index (χ2n) is 3.95. The van der Waals surface area contributed by atoms with Crippen molar-refractivity contribution in [2.24, 2.45) is 11.8 Å². The molecule has 0 aliphatic carbocycles. The third-order valence-corrected chi connectivity index (χ3v) is 2.38. The van der Waals surface area contributed by atoms with Gasteiger partial charge >= 0.3 is 11.9 Å². The molecule has 80 valence electrons. The first-order valence-corrected chi connectivity index (χ1v) is 4.84. The molecule has 2 atom stereocenters. The van der Waals surface area contributed by atoms with Gasteiger partial charge < -0.3 is 9.47 Å². The Morgan fingerprint density at radius 2 is 2.29 bits per heavy atom. The van der Waals surface area contributed by atoms with Crippen LogP contribution in [0.1, 0.15) is 27.2 Å². The quantitative estimate of drug-likeness (QED) is 0.641. The first-order valence-electron chi connectivity index (χ1n) is 4.84. The molecule has 1 unspecified atom stereocenters. The van der Waals surface area contributed by atoms with Crippen LogP contribution in [-0.4, -0.2) is 24.6 Å². The molecule has 1 heterocycles. The van der Waals surface area contributed by atoms with Crippen molar-refractivity contribution < 1.29 is 19.1 Å². The van der Waals surface area contributed by atoms with Gasteiger partial charge in [-0.1, -0.05) is 13.8 Å². The maximum absolute atomic E-state index is 11.3. The highest BCUT2D eigenvalue weighted by Crippen LogP contribution is 2.27. The van der Waals surface area contributed by atoms with Gasteiger partial charge in [-0.2, -0.15) is 0 Å². The van der Waals surface area contributed by atoms with Crippen LogP contribution in [0.4, 0.5) is 0 Å². The number of carbonyl (C=O) groups is 2. The number of hydrogen-bond acceptors (Lipinski definition) is 4. The van der Waals surface area contributed by atoms with E-state index in [0.29, 0.717) is 6.42 Å². The molecule has 4 heteroatoms. The minimum absolute atomic E-state index is 0.0458. The topological polar surface area (TPSA) is 52.6 Å². The smallest absolute Gasteiger partial charge is 0.309 e. The van der Waals surface area contributed by atoms with Gasteiger partial charge in [0, 0.05) is 13.3 Å². The maximum atomic E-state index is 11.3. The summed E-state index contributed by atoms with van der Waals surface area (Å²) in [6.45, 7) is 5.50. The fourth-order valence-corrected chi connectivity index (χ4v) is 1.54. The number of hydrogen-bond donors (Lipinski definition) is 0. The molecule has 1 saturated heterocycles. The molecule has 0 aromatic heterocycles. The molecule has 0 aromatic carbocycles. The number of cyclic esters (lactones) is 1. The van der Waals surface area contributed by atoms with Gasteiger partial charge in [0.2, 0.25) is 0 Å². The van der Waals surface area contributed by atoms with E-state index in [-0.39, 0.29) is 36.5 Å². The molecule has 4 nitrogen and oxygen atoms in total. The van der Waals surface area contributed by atoms with E-state index in [4.69, 9.17) is 9.47 Å². The largest absolute Gasteiger partial charge is 0.462 e. The van der Waals surface area contributed by atoms with Gasteiger partial charge in [-0.25, -0.2) is 0 Å². The summed E-state index contributed by atoms with van der Waals surface area (Å²) in [6, 6.07) is 0. The molecule has 0 saturated carbocycles. The lowest BCUT2D eigenvalue weighted by atomic mass is 9.93. The summed E-state index contributed by atoms with van der Waals surface area (Å²) in [7, 11) is 0. The minimum Gasteiger partial charge on any atom is -0.462 e. The van der Waals surface area contributed by atoms with Gasteiger partial charge in [0.15, 0.2) is 0 Å². The molecule has 1 fully saturated rings. The van der Waals surface area contributed by atoms with Gasteiger partial charge in [0.25, 0.3) is 0 Å². The lowest BCUT2D eigenvalue weighted by Gasteiger charge is -2.09. The van der Waals surface area contributed by atoms with Crippen LogP contribution in [0.5, 0.6) is 0 Å². The highest BCUT2D eigenvalue weighted by Gasteiger charge is 2.36. The molecule has 1 aliphatic rings.